The van der Waals surface area contributed by atoms with Crippen molar-refractivity contribution in [2.45, 2.75) is 19.5 Å². The first kappa shape index (κ1) is 23.8. The molecule has 1 saturated heterocycles. The number of urea groups is 1. The van der Waals surface area contributed by atoms with E-state index in [-0.39, 0.29) is 12.1 Å². The highest BCUT2D eigenvalue weighted by Crippen LogP contribution is 2.29. The molecule has 0 spiro atoms. The fraction of sp³-hybridized carbons (Fsp3) is 0.296. The molecule has 32 heavy (non-hydrogen) atoms. The summed E-state index contributed by atoms with van der Waals surface area (Å²) in [6, 6.07) is 14.6. The highest BCUT2D eigenvalue weighted by atomic mass is 35.5. The van der Waals surface area contributed by atoms with Crippen LogP contribution in [-0.4, -0.2) is 60.5 Å². The first-order valence-corrected chi connectivity index (χ1v) is 11.2. The van der Waals surface area contributed by atoms with Crippen LogP contribution in [0, 0.1) is 6.92 Å². The number of carbonyl (C=O) groups excluding carboxylic acids is 1. The van der Waals surface area contributed by atoms with Crippen molar-refractivity contribution >= 4 is 17.6 Å². The Labute approximate surface area is 197 Å². The molecular formula is C27H32ClN3O. The average Bonchev–Trinajstić information content (AvgIpc) is 2.79. The number of nitrogens with zero attached hydrogens (tertiary/aromatic N) is 3. The first-order chi connectivity index (χ1) is 15.3. The highest BCUT2D eigenvalue weighted by Gasteiger charge is 2.32. The van der Waals surface area contributed by atoms with Gasteiger partial charge in [-0.15, -0.1) is 0 Å². The van der Waals surface area contributed by atoms with Gasteiger partial charge in [-0.1, -0.05) is 78.9 Å². The molecule has 1 heterocycles. The third kappa shape index (κ3) is 5.50. The molecule has 2 amide bonds. The zero-order chi connectivity index (χ0) is 23.3. The number of aryl methyl sites for hydroxylation is 1. The number of hydrogen-bond donors (Lipinski definition) is 0. The Balaban J connectivity index is 1.77. The van der Waals surface area contributed by atoms with Crippen molar-refractivity contribution in [2.75, 3.05) is 33.7 Å². The summed E-state index contributed by atoms with van der Waals surface area (Å²) in [4.78, 5) is 18.7. The van der Waals surface area contributed by atoms with Crippen molar-refractivity contribution in [1.82, 2.24) is 14.7 Å². The molecule has 5 heteroatoms. The van der Waals surface area contributed by atoms with E-state index in [9.17, 15) is 4.79 Å². The van der Waals surface area contributed by atoms with E-state index in [1.54, 1.807) is 25.1 Å². The number of carbonyl (C=O) groups is 1. The second-order valence-corrected chi connectivity index (χ2v) is 8.82. The lowest BCUT2D eigenvalue weighted by molar-refractivity contribution is 0.0924. The Morgan fingerprint density at radius 1 is 1.16 bits per heavy atom. The van der Waals surface area contributed by atoms with Gasteiger partial charge in [-0.05, 0) is 35.8 Å². The maximum absolute atomic E-state index is 12.8. The van der Waals surface area contributed by atoms with Crippen LogP contribution in [0.25, 0.3) is 11.1 Å². The van der Waals surface area contributed by atoms with Crippen LogP contribution in [0.2, 0.25) is 5.02 Å². The fourth-order valence-corrected chi connectivity index (χ4v) is 4.34. The lowest BCUT2D eigenvalue weighted by Crippen LogP contribution is -2.57. The van der Waals surface area contributed by atoms with Crippen LogP contribution >= 0.6 is 11.6 Å². The van der Waals surface area contributed by atoms with Gasteiger partial charge in [0.25, 0.3) is 0 Å². The quantitative estimate of drug-likeness (QED) is 0.522. The number of halogens is 1. The minimum absolute atomic E-state index is 0.0193. The van der Waals surface area contributed by atoms with Gasteiger partial charge in [0.2, 0.25) is 0 Å². The van der Waals surface area contributed by atoms with Crippen LogP contribution in [0.5, 0.6) is 0 Å². The number of allylic oxidation sites excluding steroid dienone is 2. The standard InChI is InChI=1S/C27H32ClN3O/c1-6-8-22(7-2)26-19-30(15-16-31(26)27(32)29(4)5)18-21-10-12-23(13-11-21)24-17-20(3)9-14-25(24)28/h6-14,17,26H,1-2,15-16,18-19H2,3-5H3/b22-8+. The summed E-state index contributed by atoms with van der Waals surface area (Å²) in [7, 11) is 3.58. The SMILES string of the molecule is C=C/C=C(\C=C)C1CN(Cc2ccc(-c3cc(C)ccc3Cl)cc2)CCN1C(=O)N(C)C. The summed E-state index contributed by atoms with van der Waals surface area (Å²) in [6.07, 6.45) is 5.52. The van der Waals surface area contributed by atoms with E-state index >= 15 is 0 Å². The van der Waals surface area contributed by atoms with Gasteiger partial charge in [-0.25, -0.2) is 4.79 Å². The third-order valence-corrected chi connectivity index (χ3v) is 6.15. The van der Waals surface area contributed by atoms with Gasteiger partial charge in [-0.2, -0.15) is 0 Å². The average molecular weight is 450 g/mol. The normalized spacial score (nSPS) is 17.2. The predicted molar refractivity (Wildman–Crippen MR) is 135 cm³/mol. The Hall–Kier alpha value is -2.82. The van der Waals surface area contributed by atoms with Crippen molar-refractivity contribution < 1.29 is 4.79 Å². The van der Waals surface area contributed by atoms with Crippen molar-refractivity contribution in [1.29, 1.82) is 0 Å². The van der Waals surface area contributed by atoms with E-state index in [4.69, 9.17) is 11.6 Å². The molecule has 4 nitrogen and oxygen atoms in total. The molecule has 1 aliphatic heterocycles. The molecule has 2 aromatic carbocycles. The van der Waals surface area contributed by atoms with Gasteiger partial charge in [0.1, 0.15) is 0 Å². The van der Waals surface area contributed by atoms with E-state index < -0.39 is 0 Å². The monoisotopic (exact) mass is 449 g/mol. The minimum atomic E-state index is -0.0560. The summed E-state index contributed by atoms with van der Waals surface area (Å²) in [5.41, 5.74) is 5.60. The number of hydrogen-bond acceptors (Lipinski definition) is 2. The lowest BCUT2D eigenvalue weighted by atomic mass is 10.00. The van der Waals surface area contributed by atoms with Crippen molar-refractivity contribution in [2.24, 2.45) is 0 Å². The Bertz CT molecular complexity index is 1010. The summed E-state index contributed by atoms with van der Waals surface area (Å²) in [5.74, 6) is 0. The van der Waals surface area contributed by atoms with Crippen LogP contribution in [-0.2, 0) is 6.54 Å². The molecule has 0 saturated carbocycles. The van der Waals surface area contributed by atoms with Crippen molar-refractivity contribution in [3.8, 4) is 11.1 Å². The van der Waals surface area contributed by atoms with E-state index in [0.29, 0.717) is 6.54 Å². The Morgan fingerprint density at radius 3 is 2.50 bits per heavy atom. The number of benzene rings is 2. The molecular weight excluding hydrogens is 418 g/mol. The zero-order valence-electron chi connectivity index (χ0n) is 19.2. The van der Waals surface area contributed by atoms with Gasteiger partial charge in [-0.3, -0.25) is 4.90 Å². The molecule has 3 rings (SSSR count). The largest absolute Gasteiger partial charge is 0.331 e. The summed E-state index contributed by atoms with van der Waals surface area (Å²) < 4.78 is 0. The molecule has 0 bridgehead atoms. The molecule has 0 aromatic heterocycles. The van der Waals surface area contributed by atoms with Crippen molar-refractivity contribution in [3.63, 3.8) is 0 Å². The number of amides is 2. The second kappa shape index (κ2) is 10.7. The van der Waals surface area contributed by atoms with Crippen LogP contribution < -0.4 is 0 Å². The van der Waals surface area contributed by atoms with E-state index in [2.05, 4.69) is 55.3 Å². The zero-order valence-corrected chi connectivity index (χ0v) is 20.0. The predicted octanol–water partition coefficient (Wildman–Crippen LogP) is 5.78. The molecule has 1 aliphatic rings. The summed E-state index contributed by atoms with van der Waals surface area (Å²) in [6.45, 7) is 12.9. The molecule has 0 N–H and O–H groups in total. The topological polar surface area (TPSA) is 26.8 Å². The molecule has 1 unspecified atom stereocenters. The first-order valence-electron chi connectivity index (χ1n) is 10.8. The van der Waals surface area contributed by atoms with E-state index in [1.807, 2.05) is 29.2 Å². The summed E-state index contributed by atoms with van der Waals surface area (Å²) >= 11 is 6.41. The van der Waals surface area contributed by atoms with Gasteiger partial charge in [0.05, 0.1) is 6.04 Å². The van der Waals surface area contributed by atoms with Crippen molar-refractivity contribution in [3.05, 3.63) is 95.6 Å². The molecule has 168 valence electrons. The second-order valence-electron chi connectivity index (χ2n) is 8.41. The Kier molecular flexibility index (Phi) is 7.94. The van der Waals surface area contributed by atoms with E-state index in [1.165, 1.54) is 11.1 Å². The van der Waals surface area contributed by atoms with Gasteiger partial charge < -0.3 is 9.80 Å². The van der Waals surface area contributed by atoms with Crippen LogP contribution in [0.4, 0.5) is 4.79 Å². The molecule has 1 atom stereocenters. The van der Waals surface area contributed by atoms with Gasteiger partial charge >= 0.3 is 6.03 Å². The number of piperazine rings is 1. The molecule has 1 fully saturated rings. The smallest absolute Gasteiger partial charge is 0.320 e. The fourth-order valence-electron chi connectivity index (χ4n) is 4.11. The Morgan fingerprint density at radius 2 is 1.88 bits per heavy atom. The number of rotatable bonds is 6. The van der Waals surface area contributed by atoms with Crippen LogP contribution in [0.3, 0.4) is 0 Å². The minimum Gasteiger partial charge on any atom is -0.331 e. The maximum atomic E-state index is 12.8. The summed E-state index contributed by atoms with van der Waals surface area (Å²) in [5, 5.41) is 0.763. The van der Waals surface area contributed by atoms with Crippen LogP contribution in [0.15, 0.2) is 79.4 Å². The molecule has 0 aliphatic carbocycles. The maximum Gasteiger partial charge on any atom is 0.320 e. The van der Waals surface area contributed by atoms with E-state index in [0.717, 1.165) is 41.4 Å². The van der Waals surface area contributed by atoms with Gasteiger partial charge in [0, 0.05) is 50.9 Å². The third-order valence-electron chi connectivity index (χ3n) is 5.82. The molecule has 0 radical (unpaired) electrons. The highest BCUT2D eigenvalue weighted by molar-refractivity contribution is 6.33. The van der Waals surface area contributed by atoms with Gasteiger partial charge in [0.15, 0.2) is 0 Å². The van der Waals surface area contributed by atoms with Crippen LogP contribution in [0.1, 0.15) is 11.1 Å². The molecule has 2 aromatic rings. The lowest BCUT2D eigenvalue weighted by Gasteiger charge is -2.43.